The van der Waals surface area contributed by atoms with Crippen LogP contribution in [0.25, 0.3) is 0 Å². The number of hydrogen-bond donors (Lipinski definition) is 3. The van der Waals surface area contributed by atoms with E-state index >= 15 is 0 Å². The molecule has 0 aliphatic carbocycles. The van der Waals surface area contributed by atoms with Crippen molar-refractivity contribution in [1.29, 1.82) is 0 Å². The topological polar surface area (TPSA) is 87.8 Å². The molecule has 0 saturated carbocycles. The van der Waals surface area contributed by atoms with Crippen LogP contribution >= 0.6 is 0 Å². The fourth-order valence-electron chi connectivity index (χ4n) is 4.89. The van der Waals surface area contributed by atoms with Gasteiger partial charge in [0.2, 0.25) is 0 Å². The molecule has 0 spiro atoms. The molecule has 1 aliphatic heterocycles. The number of para-hydroxylation sites is 1. The van der Waals surface area contributed by atoms with E-state index in [9.17, 15) is 14.3 Å². The first-order valence-corrected chi connectivity index (χ1v) is 11.8. The van der Waals surface area contributed by atoms with Crippen LogP contribution in [-0.2, 0) is 17.9 Å². The molecule has 1 heterocycles. The maximum absolute atomic E-state index is 15.0. The summed E-state index contributed by atoms with van der Waals surface area (Å²) in [6, 6.07) is 16.6. The summed E-state index contributed by atoms with van der Waals surface area (Å²) in [5.74, 6) is -0.828. The summed E-state index contributed by atoms with van der Waals surface area (Å²) < 4.78 is 21.0. The Balaban J connectivity index is 1.68. The highest BCUT2D eigenvalue weighted by atomic mass is 19.1. The number of benzene rings is 3. The zero-order valence-corrected chi connectivity index (χ0v) is 20.3. The van der Waals surface area contributed by atoms with Crippen LogP contribution in [0.2, 0.25) is 0 Å². The van der Waals surface area contributed by atoms with Crippen molar-refractivity contribution in [3.05, 3.63) is 88.2 Å². The van der Waals surface area contributed by atoms with Gasteiger partial charge in [0.1, 0.15) is 17.7 Å². The Morgan fingerprint density at radius 2 is 2.03 bits per heavy atom. The molecule has 0 bridgehead atoms. The molecule has 7 heteroatoms. The number of hydrogen-bond acceptors (Lipinski definition) is 5. The molecule has 1 aliphatic rings. The minimum absolute atomic E-state index is 0.0408. The van der Waals surface area contributed by atoms with Crippen molar-refractivity contribution in [3.8, 4) is 5.75 Å². The van der Waals surface area contributed by atoms with Gasteiger partial charge in [0, 0.05) is 43.7 Å². The van der Waals surface area contributed by atoms with E-state index in [1.807, 2.05) is 50.2 Å². The predicted molar refractivity (Wildman–Crippen MR) is 136 cm³/mol. The molecule has 4 N–H and O–H groups in total. The van der Waals surface area contributed by atoms with Crippen LogP contribution < -0.4 is 15.8 Å². The fraction of sp³-hybridized carbons (Fsp3) is 0.321. The number of ether oxygens (including phenoxy) is 1. The quantitative estimate of drug-likeness (QED) is 0.408. The van der Waals surface area contributed by atoms with Crippen LogP contribution in [0.5, 0.6) is 5.75 Å². The van der Waals surface area contributed by atoms with E-state index in [4.69, 9.17) is 10.5 Å². The van der Waals surface area contributed by atoms with Crippen molar-refractivity contribution in [2.45, 2.75) is 45.4 Å². The van der Waals surface area contributed by atoms with Crippen molar-refractivity contribution in [3.63, 3.8) is 0 Å². The van der Waals surface area contributed by atoms with Crippen molar-refractivity contribution in [2.24, 2.45) is 0 Å². The van der Waals surface area contributed by atoms with Crippen LogP contribution in [-0.4, -0.2) is 35.7 Å². The number of halogens is 1. The fourth-order valence-corrected chi connectivity index (χ4v) is 4.89. The monoisotopic (exact) mass is 477 g/mol. The Morgan fingerprint density at radius 3 is 2.77 bits per heavy atom. The van der Waals surface area contributed by atoms with E-state index in [0.717, 1.165) is 33.7 Å². The normalized spacial score (nSPS) is 16.6. The molecule has 4 rings (SSSR count). The molecule has 2 unspecified atom stereocenters. The molecule has 0 amide bonds. The maximum atomic E-state index is 15.0. The van der Waals surface area contributed by atoms with Gasteiger partial charge in [0.25, 0.3) is 0 Å². The van der Waals surface area contributed by atoms with Crippen LogP contribution in [0.4, 0.5) is 15.8 Å². The summed E-state index contributed by atoms with van der Waals surface area (Å²) >= 11 is 0. The van der Waals surface area contributed by atoms with Crippen LogP contribution in [0, 0.1) is 12.7 Å². The molecule has 0 saturated heterocycles. The van der Waals surface area contributed by atoms with Crippen LogP contribution in [0.15, 0.2) is 54.6 Å². The van der Waals surface area contributed by atoms with E-state index in [1.54, 1.807) is 19.2 Å². The lowest BCUT2D eigenvalue weighted by molar-refractivity contribution is -0.137. The largest absolute Gasteiger partial charge is 0.489 e. The van der Waals surface area contributed by atoms with Crippen LogP contribution in [0.1, 0.15) is 47.1 Å². The third kappa shape index (κ3) is 5.41. The summed E-state index contributed by atoms with van der Waals surface area (Å²) in [6.07, 6.45) is -0.160. The second kappa shape index (κ2) is 10.4. The van der Waals surface area contributed by atoms with Crippen LogP contribution in [0.3, 0.4) is 0 Å². The second-order valence-corrected chi connectivity index (χ2v) is 9.20. The van der Waals surface area contributed by atoms with E-state index in [0.29, 0.717) is 30.9 Å². The average Bonchev–Trinajstić information content (AvgIpc) is 2.98. The molecule has 3 aromatic carbocycles. The number of nitrogens with two attached hydrogens (primary N) is 1. The number of aliphatic carboxylic acids is 1. The van der Waals surface area contributed by atoms with Gasteiger partial charge in [-0.2, -0.15) is 0 Å². The minimum atomic E-state index is -0.924. The SMILES string of the molecule is CNc1ccc(C(CC(=O)O)c2ccc(F)c(CN3Cc4ccccc4OC(C)C3)c2)c(C)c1N. The number of carboxylic acid groups (broad SMARTS) is 1. The lowest BCUT2D eigenvalue weighted by Crippen LogP contribution is -2.30. The number of nitrogens with one attached hydrogen (secondary N) is 1. The zero-order chi connectivity index (χ0) is 25.1. The van der Waals surface area contributed by atoms with Gasteiger partial charge >= 0.3 is 5.97 Å². The molecular weight excluding hydrogens is 445 g/mol. The van der Waals surface area contributed by atoms with Crippen molar-refractivity contribution in [2.75, 3.05) is 24.6 Å². The minimum Gasteiger partial charge on any atom is -0.489 e. The van der Waals surface area contributed by atoms with Gasteiger partial charge in [0.15, 0.2) is 0 Å². The number of anilines is 2. The molecule has 0 aromatic heterocycles. The lowest BCUT2D eigenvalue weighted by atomic mass is 9.84. The van der Waals surface area contributed by atoms with Gasteiger partial charge in [-0.3, -0.25) is 9.69 Å². The van der Waals surface area contributed by atoms with E-state index in [-0.39, 0.29) is 18.3 Å². The third-order valence-electron chi connectivity index (χ3n) is 6.66. The van der Waals surface area contributed by atoms with Gasteiger partial charge in [-0.05, 0) is 48.7 Å². The molecule has 0 radical (unpaired) electrons. The standard InChI is InChI=1S/C28H32FN3O3/c1-17-14-32(15-20-6-4-5-7-26(20)35-17)16-21-12-19(8-10-24(21)29)23(13-27(33)34)22-9-11-25(31-3)28(30)18(22)2/h4-12,17,23,31H,13-16,30H2,1-3H3,(H,33,34). The Morgan fingerprint density at radius 1 is 1.26 bits per heavy atom. The highest BCUT2D eigenvalue weighted by Gasteiger charge is 2.24. The number of rotatable bonds is 7. The molecule has 6 nitrogen and oxygen atoms in total. The van der Waals surface area contributed by atoms with Crippen molar-refractivity contribution >= 4 is 17.3 Å². The molecule has 0 fully saturated rings. The van der Waals surface area contributed by atoms with Gasteiger partial charge in [-0.15, -0.1) is 0 Å². The van der Waals surface area contributed by atoms with E-state index in [1.165, 1.54) is 6.07 Å². The molecule has 2 atom stereocenters. The van der Waals surface area contributed by atoms with Gasteiger partial charge in [-0.1, -0.05) is 36.4 Å². The van der Waals surface area contributed by atoms with Crippen molar-refractivity contribution in [1.82, 2.24) is 4.90 Å². The maximum Gasteiger partial charge on any atom is 0.304 e. The Labute approximate surface area is 205 Å². The Bertz CT molecular complexity index is 1230. The van der Waals surface area contributed by atoms with Crippen molar-refractivity contribution < 1.29 is 19.0 Å². The zero-order valence-electron chi connectivity index (χ0n) is 20.3. The third-order valence-corrected chi connectivity index (χ3v) is 6.66. The number of nitrogen functional groups attached to an aromatic ring is 1. The van der Waals surface area contributed by atoms with E-state index < -0.39 is 11.9 Å². The number of carboxylic acids is 1. The highest BCUT2D eigenvalue weighted by molar-refractivity contribution is 5.74. The summed E-state index contributed by atoms with van der Waals surface area (Å²) in [5, 5.41) is 12.7. The van der Waals surface area contributed by atoms with Gasteiger partial charge in [-0.25, -0.2) is 4.39 Å². The summed E-state index contributed by atoms with van der Waals surface area (Å²) in [7, 11) is 1.79. The van der Waals surface area contributed by atoms with E-state index in [2.05, 4.69) is 10.2 Å². The number of nitrogens with zero attached hydrogens (tertiary/aromatic N) is 1. The smallest absolute Gasteiger partial charge is 0.304 e. The number of carbonyl (C=O) groups is 1. The average molecular weight is 478 g/mol. The number of fused-ring (bicyclic) bond motifs is 1. The Hall–Kier alpha value is -3.58. The van der Waals surface area contributed by atoms with Gasteiger partial charge in [0.05, 0.1) is 17.8 Å². The molecule has 35 heavy (non-hydrogen) atoms. The molecule has 184 valence electrons. The second-order valence-electron chi connectivity index (χ2n) is 9.20. The summed E-state index contributed by atoms with van der Waals surface area (Å²) in [5.41, 5.74) is 11.7. The summed E-state index contributed by atoms with van der Waals surface area (Å²) in [6.45, 7) is 5.58. The first kappa shape index (κ1) is 24.5. The molecule has 3 aromatic rings. The predicted octanol–water partition coefficient (Wildman–Crippen LogP) is 5.15. The first-order valence-electron chi connectivity index (χ1n) is 11.8. The molecular formula is C28H32FN3O3. The summed E-state index contributed by atoms with van der Waals surface area (Å²) in [4.78, 5) is 14.0. The lowest BCUT2D eigenvalue weighted by Gasteiger charge is -2.24. The van der Waals surface area contributed by atoms with Gasteiger partial charge < -0.3 is 20.9 Å². The highest BCUT2D eigenvalue weighted by Crippen LogP contribution is 2.36. The Kier molecular flexibility index (Phi) is 7.26. The first-order chi connectivity index (χ1) is 16.8.